The first kappa shape index (κ1) is 11.2. The topological polar surface area (TPSA) is 52.7 Å². The van der Waals surface area contributed by atoms with E-state index >= 15 is 0 Å². The Labute approximate surface area is 95.8 Å². The molecule has 0 spiro atoms. The Hall–Kier alpha value is -1.26. The van der Waals surface area contributed by atoms with Crippen LogP contribution in [0.4, 0.5) is 4.79 Å². The molecule has 2 aliphatic rings. The molecule has 2 fully saturated rings. The van der Waals surface area contributed by atoms with Crippen LogP contribution in [0.1, 0.15) is 25.7 Å². The second-order valence-corrected chi connectivity index (χ2v) is 4.41. The molecule has 5 heteroatoms. The molecule has 2 rings (SSSR count). The van der Waals surface area contributed by atoms with Crippen molar-refractivity contribution in [3.63, 3.8) is 0 Å². The molecule has 2 aliphatic heterocycles. The molecule has 0 unspecified atom stereocenters. The summed E-state index contributed by atoms with van der Waals surface area (Å²) in [7, 11) is 0. The van der Waals surface area contributed by atoms with Crippen molar-refractivity contribution in [3.05, 3.63) is 0 Å². The maximum atomic E-state index is 11.8. The smallest absolute Gasteiger partial charge is 0.317 e. The monoisotopic (exact) mass is 225 g/mol. The predicted octanol–water partition coefficient (Wildman–Crippen LogP) is 0.414. The average Bonchev–Trinajstić information content (AvgIpc) is 2.73. The lowest BCUT2D eigenvalue weighted by molar-refractivity contribution is -0.132. The molecule has 0 radical (unpaired) electrons. The van der Waals surface area contributed by atoms with Gasteiger partial charge in [0.2, 0.25) is 5.91 Å². The Morgan fingerprint density at radius 2 is 1.94 bits per heavy atom. The second-order valence-electron chi connectivity index (χ2n) is 4.41. The zero-order valence-electron chi connectivity index (χ0n) is 9.57. The average molecular weight is 225 g/mol. The second kappa shape index (κ2) is 5.18. The summed E-state index contributed by atoms with van der Waals surface area (Å²) in [6, 6.07) is -0.0357. The number of nitrogens with zero attached hydrogens (tertiary/aromatic N) is 2. The van der Waals surface area contributed by atoms with Crippen molar-refractivity contribution in [3.8, 4) is 0 Å². The summed E-state index contributed by atoms with van der Waals surface area (Å²) in [6.45, 7) is 3.78. The fraction of sp³-hybridized carbons (Fsp3) is 0.818. The fourth-order valence-corrected chi connectivity index (χ4v) is 2.26. The molecule has 16 heavy (non-hydrogen) atoms. The molecular weight excluding hydrogens is 206 g/mol. The zero-order valence-corrected chi connectivity index (χ0v) is 9.57. The molecule has 1 N–H and O–H groups in total. The van der Waals surface area contributed by atoms with Gasteiger partial charge in [0.05, 0.1) is 0 Å². The Morgan fingerprint density at radius 3 is 2.56 bits per heavy atom. The molecule has 0 aromatic rings. The number of hydrogen-bond acceptors (Lipinski definition) is 2. The molecule has 2 saturated heterocycles. The van der Waals surface area contributed by atoms with Crippen LogP contribution in [0.15, 0.2) is 0 Å². The number of nitrogens with one attached hydrogen (secondary N) is 1. The lowest BCUT2D eigenvalue weighted by Crippen LogP contribution is -2.38. The molecule has 5 nitrogen and oxygen atoms in total. The van der Waals surface area contributed by atoms with Crippen LogP contribution in [0.25, 0.3) is 0 Å². The lowest BCUT2D eigenvalue weighted by Gasteiger charge is -2.27. The Morgan fingerprint density at radius 1 is 1.19 bits per heavy atom. The van der Waals surface area contributed by atoms with E-state index in [0.29, 0.717) is 19.5 Å². The van der Waals surface area contributed by atoms with E-state index in [1.807, 2.05) is 4.90 Å². The number of piperidine rings is 1. The van der Waals surface area contributed by atoms with E-state index in [-0.39, 0.29) is 11.9 Å². The highest BCUT2D eigenvalue weighted by molar-refractivity contribution is 5.79. The van der Waals surface area contributed by atoms with Gasteiger partial charge in [0.1, 0.15) is 0 Å². The standard InChI is InChI=1S/C11H19N3O2/c15-10(13-6-2-1-3-7-13)4-8-14-9-5-12-11(14)16/h1-9H2,(H,12,16). The molecule has 0 saturated carbocycles. The molecule has 90 valence electrons. The van der Waals surface area contributed by atoms with Crippen molar-refractivity contribution < 1.29 is 9.59 Å². The number of rotatable bonds is 3. The minimum absolute atomic E-state index is 0.0357. The van der Waals surface area contributed by atoms with Gasteiger partial charge in [-0.1, -0.05) is 0 Å². The van der Waals surface area contributed by atoms with Crippen molar-refractivity contribution in [1.29, 1.82) is 0 Å². The van der Waals surface area contributed by atoms with Crippen LogP contribution in [0.2, 0.25) is 0 Å². The molecule has 0 bridgehead atoms. The van der Waals surface area contributed by atoms with Gasteiger partial charge in [-0.2, -0.15) is 0 Å². The van der Waals surface area contributed by atoms with Crippen molar-refractivity contribution in [2.45, 2.75) is 25.7 Å². The quantitative estimate of drug-likeness (QED) is 0.756. The van der Waals surface area contributed by atoms with Crippen molar-refractivity contribution in [2.75, 3.05) is 32.7 Å². The highest BCUT2D eigenvalue weighted by Gasteiger charge is 2.22. The van der Waals surface area contributed by atoms with Crippen LogP contribution in [0.3, 0.4) is 0 Å². The van der Waals surface area contributed by atoms with E-state index in [0.717, 1.165) is 32.5 Å². The number of urea groups is 1. The highest BCUT2D eigenvalue weighted by Crippen LogP contribution is 2.10. The molecule has 0 aliphatic carbocycles. The molecule has 3 amide bonds. The number of carbonyl (C=O) groups excluding carboxylic acids is 2. The Balaban J connectivity index is 1.72. The first-order valence-corrected chi connectivity index (χ1v) is 6.08. The maximum Gasteiger partial charge on any atom is 0.317 e. The Bertz CT molecular complexity index is 274. The van der Waals surface area contributed by atoms with Crippen LogP contribution in [-0.4, -0.2) is 54.5 Å². The van der Waals surface area contributed by atoms with Gasteiger partial charge in [0, 0.05) is 39.1 Å². The van der Waals surface area contributed by atoms with E-state index in [1.165, 1.54) is 6.42 Å². The summed E-state index contributed by atoms with van der Waals surface area (Å²) in [5.74, 6) is 0.194. The largest absolute Gasteiger partial charge is 0.343 e. The summed E-state index contributed by atoms with van der Waals surface area (Å²) >= 11 is 0. The van der Waals surface area contributed by atoms with E-state index in [2.05, 4.69) is 5.32 Å². The van der Waals surface area contributed by atoms with E-state index in [9.17, 15) is 9.59 Å². The highest BCUT2D eigenvalue weighted by atomic mass is 16.2. The van der Waals surface area contributed by atoms with E-state index in [1.54, 1.807) is 4.90 Å². The van der Waals surface area contributed by atoms with Crippen LogP contribution in [0, 0.1) is 0 Å². The van der Waals surface area contributed by atoms with Crippen LogP contribution >= 0.6 is 0 Å². The van der Waals surface area contributed by atoms with Crippen molar-refractivity contribution >= 4 is 11.9 Å². The summed E-state index contributed by atoms with van der Waals surface area (Å²) in [4.78, 5) is 26.7. The Kier molecular flexibility index (Phi) is 3.64. The maximum absolute atomic E-state index is 11.8. The third kappa shape index (κ3) is 2.65. The normalized spacial score (nSPS) is 21.1. The van der Waals surface area contributed by atoms with Gasteiger partial charge in [0.15, 0.2) is 0 Å². The number of likely N-dealkylation sites (tertiary alicyclic amines) is 1. The zero-order chi connectivity index (χ0) is 11.4. The van der Waals surface area contributed by atoms with Gasteiger partial charge in [-0.25, -0.2) is 4.79 Å². The van der Waals surface area contributed by atoms with Gasteiger partial charge in [-0.3, -0.25) is 4.79 Å². The SMILES string of the molecule is O=C(CCN1CCNC1=O)N1CCCCC1. The predicted molar refractivity (Wildman–Crippen MR) is 60.0 cm³/mol. The summed E-state index contributed by atoms with van der Waals surface area (Å²) in [5, 5.41) is 2.73. The van der Waals surface area contributed by atoms with Crippen molar-refractivity contribution in [2.24, 2.45) is 0 Å². The van der Waals surface area contributed by atoms with Crippen LogP contribution < -0.4 is 5.32 Å². The summed E-state index contributed by atoms with van der Waals surface area (Å²) in [6.07, 6.45) is 3.94. The molecule has 0 aromatic heterocycles. The minimum atomic E-state index is -0.0357. The van der Waals surface area contributed by atoms with E-state index in [4.69, 9.17) is 0 Å². The number of hydrogen-bond donors (Lipinski definition) is 1. The number of amides is 3. The van der Waals surface area contributed by atoms with E-state index < -0.39 is 0 Å². The number of carbonyl (C=O) groups is 2. The minimum Gasteiger partial charge on any atom is -0.343 e. The van der Waals surface area contributed by atoms with Gasteiger partial charge < -0.3 is 15.1 Å². The molecule has 0 atom stereocenters. The van der Waals surface area contributed by atoms with Gasteiger partial charge in [-0.05, 0) is 19.3 Å². The van der Waals surface area contributed by atoms with Gasteiger partial charge in [-0.15, -0.1) is 0 Å². The van der Waals surface area contributed by atoms with Crippen LogP contribution in [0.5, 0.6) is 0 Å². The molecular formula is C11H19N3O2. The van der Waals surface area contributed by atoms with Crippen LogP contribution in [-0.2, 0) is 4.79 Å². The third-order valence-corrected chi connectivity index (χ3v) is 3.25. The van der Waals surface area contributed by atoms with Gasteiger partial charge >= 0.3 is 6.03 Å². The molecule has 0 aromatic carbocycles. The molecule has 2 heterocycles. The van der Waals surface area contributed by atoms with Gasteiger partial charge in [0.25, 0.3) is 0 Å². The first-order valence-electron chi connectivity index (χ1n) is 6.08. The first-order chi connectivity index (χ1) is 7.77. The fourth-order valence-electron chi connectivity index (χ4n) is 2.26. The third-order valence-electron chi connectivity index (χ3n) is 3.25. The summed E-state index contributed by atoms with van der Waals surface area (Å²) < 4.78 is 0. The summed E-state index contributed by atoms with van der Waals surface area (Å²) in [5.41, 5.74) is 0. The van der Waals surface area contributed by atoms with Crippen molar-refractivity contribution in [1.82, 2.24) is 15.1 Å². The lowest BCUT2D eigenvalue weighted by atomic mass is 10.1.